The van der Waals surface area contributed by atoms with E-state index in [1.165, 1.54) is 0 Å². The first-order valence-electron chi connectivity index (χ1n) is 5.26. The number of carbonyl (C=O) groups excluding carboxylic acids is 1. The van der Waals surface area contributed by atoms with Crippen LogP contribution in [0, 0.1) is 5.92 Å². The Labute approximate surface area is 103 Å². The molecule has 0 aliphatic carbocycles. The number of ether oxygens (including phenoxy) is 2. The molecule has 98 valence electrons. The summed E-state index contributed by atoms with van der Waals surface area (Å²) >= 11 is 0. The number of nitrogens with one attached hydrogen (secondary N) is 1. The fourth-order valence-electron chi connectivity index (χ4n) is 0.911. The van der Waals surface area contributed by atoms with Crippen molar-refractivity contribution in [1.82, 2.24) is 5.32 Å². The molecule has 0 aliphatic heterocycles. The normalized spacial score (nSPS) is 11.7. The van der Waals surface area contributed by atoms with Crippen LogP contribution in [0.4, 0.5) is 0 Å². The average molecular weight is 255 g/mol. The maximum Gasteiger partial charge on any atom is 0.224 e. The topological polar surface area (TPSA) is 73.6 Å². The van der Waals surface area contributed by atoms with Gasteiger partial charge in [0.1, 0.15) is 0 Å². The van der Waals surface area contributed by atoms with E-state index in [2.05, 4.69) is 5.32 Å². The summed E-state index contributed by atoms with van der Waals surface area (Å²) in [6.07, 6.45) is 0.812. The first-order chi connectivity index (χ1) is 7.22. The Hall–Kier alpha value is -0.360. The molecule has 0 rings (SSSR count). The van der Waals surface area contributed by atoms with E-state index < -0.39 is 0 Å². The van der Waals surface area contributed by atoms with Crippen LogP contribution in [-0.4, -0.2) is 45.9 Å². The first kappa shape index (κ1) is 18.0. The quantitative estimate of drug-likeness (QED) is 0.576. The van der Waals surface area contributed by atoms with E-state index in [-0.39, 0.29) is 24.2 Å². The van der Waals surface area contributed by atoms with Crippen molar-refractivity contribution >= 4 is 18.3 Å². The molecule has 0 aromatic carbocycles. The van der Waals surface area contributed by atoms with E-state index in [0.717, 1.165) is 6.42 Å². The molecule has 0 saturated heterocycles. The Bertz CT molecular complexity index is 170. The Morgan fingerprint density at radius 1 is 1.38 bits per heavy atom. The van der Waals surface area contributed by atoms with Gasteiger partial charge in [-0.25, -0.2) is 0 Å². The van der Waals surface area contributed by atoms with Crippen LogP contribution in [0.25, 0.3) is 0 Å². The first-order valence-corrected chi connectivity index (χ1v) is 5.26. The second-order valence-corrected chi connectivity index (χ2v) is 3.39. The lowest BCUT2D eigenvalue weighted by atomic mass is 10.2. The largest absolute Gasteiger partial charge is 0.382 e. The van der Waals surface area contributed by atoms with Gasteiger partial charge >= 0.3 is 0 Å². The van der Waals surface area contributed by atoms with E-state index >= 15 is 0 Å². The smallest absolute Gasteiger partial charge is 0.224 e. The summed E-state index contributed by atoms with van der Waals surface area (Å²) in [6, 6.07) is 0. The molecule has 0 bridgehead atoms. The molecule has 0 aromatic heterocycles. The van der Waals surface area contributed by atoms with Gasteiger partial charge in [-0.2, -0.15) is 0 Å². The molecule has 5 nitrogen and oxygen atoms in total. The van der Waals surface area contributed by atoms with Crippen LogP contribution < -0.4 is 11.1 Å². The average Bonchev–Trinajstić information content (AvgIpc) is 2.26. The monoisotopic (exact) mass is 254 g/mol. The summed E-state index contributed by atoms with van der Waals surface area (Å²) in [6.45, 7) is 4.68. The minimum atomic E-state index is -0.112. The zero-order valence-corrected chi connectivity index (χ0v) is 10.8. The van der Waals surface area contributed by atoms with Gasteiger partial charge in [0.25, 0.3) is 0 Å². The second kappa shape index (κ2) is 12.7. The number of amides is 1. The third kappa shape index (κ3) is 10.2. The van der Waals surface area contributed by atoms with Crippen LogP contribution in [0.5, 0.6) is 0 Å². The van der Waals surface area contributed by atoms with Crippen LogP contribution in [-0.2, 0) is 14.3 Å². The van der Waals surface area contributed by atoms with E-state index in [0.29, 0.717) is 32.9 Å². The number of rotatable bonds is 9. The van der Waals surface area contributed by atoms with Crippen molar-refractivity contribution in [3.05, 3.63) is 0 Å². The number of hydrogen-bond donors (Lipinski definition) is 2. The molecule has 1 amide bonds. The van der Waals surface area contributed by atoms with Crippen molar-refractivity contribution in [1.29, 1.82) is 0 Å². The Kier molecular flexibility index (Phi) is 14.3. The summed E-state index contributed by atoms with van der Waals surface area (Å²) in [5, 5.41) is 2.79. The molecule has 0 heterocycles. The van der Waals surface area contributed by atoms with Crippen LogP contribution >= 0.6 is 12.4 Å². The molecule has 1 unspecified atom stereocenters. The maximum atomic E-state index is 11.3. The number of halogens is 1. The highest BCUT2D eigenvalue weighted by molar-refractivity contribution is 5.85. The molecule has 3 N–H and O–H groups in total. The predicted octanol–water partition coefficient (Wildman–Crippen LogP) is 0.172. The molecule has 0 aliphatic rings. The van der Waals surface area contributed by atoms with Crippen LogP contribution in [0.1, 0.15) is 13.3 Å². The van der Waals surface area contributed by atoms with Gasteiger partial charge < -0.3 is 20.5 Å². The van der Waals surface area contributed by atoms with Gasteiger partial charge in [0.05, 0.1) is 13.2 Å². The molecular formula is C10H23ClN2O3. The molecule has 1 atom stereocenters. The van der Waals surface area contributed by atoms with E-state index in [9.17, 15) is 4.79 Å². The standard InChI is InChI=1S/C10H22N2O3.ClH/c1-9(8-11)10(13)12-4-3-5-15-7-6-14-2;/h9H,3-8,11H2,1-2H3,(H,12,13);1H. The highest BCUT2D eigenvalue weighted by atomic mass is 35.5. The highest BCUT2D eigenvalue weighted by Gasteiger charge is 2.08. The lowest BCUT2D eigenvalue weighted by Crippen LogP contribution is -2.34. The SMILES string of the molecule is COCCOCCCNC(=O)C(C)CN.Cl. The van der Waals surface area contributed by atoms with Gasteiger partial charge in [0.15, 0.2) is 0 Å². The van der Waals surface area contributed by atoms with E-state index in [1.807, 2.05) is 6.92 Å². The van der Waals surface area contributed by atoms with Gasteiger partial charge in [-0.05, 0) is 6.42 Å². The molecule has 6 heteroatoms. The number of methoxy groups -OCH3 is 1. The van der Waals surface area contributed by atoms with Crippen molar-refractivity contribution in [3.63, 3.8) is 0 Å². The van der Waals surface area contributed by atoms with E-state index in [1.54, 1.807) is 7.11 Å². The highest BCUT2D eigenvalue weighted by Crippen LogP contribution is 1.90. The third-order valence-corrected chi connectivity index (χ3v) is 2.00. The molecule has 0 aromatic rings. The summed E-state index contributed by atoms with van der Waals surface area (Å²) in [4.78, 5) is 11.3. The molecule has 0 spiro atoms. The van der Waals surface area contributed by atoms with Crippen molar-refractivity contribution in [3.8, 4) is 0 Å². The lowest BCUT2D eigenvalue weighted by molar-refractivity contribution is -0.124. The minimum absolute atomic E-state index is 0. The second-order valence-electron chi connectivity index (χ2n) is 3.39. The number of nitrogens with two attached hydrogens (primary N) is 1. The molecule has 0 fully saturated rings. The zero-order chi connectivity index (χ0) is 11.5. The van der Waals surface area contributed by atoms with Gasteiger partial charge in [-0.15, -0.1) is 12.4 Å². The number of hydrogen-bond acceptors (Lipinski definition) is 4. The summed E-state index contributed by atoms with van der Waals surface area (Å²) in [5.41, 5.74) is 5.36. The Morgan fingerprint density at radius 3 is 2.62 bits per heavy atom. The molecule has 0 radical (unpaired) electrons. The predicted molar refractivity (Wildman–Crippen MR) is 65.8 cm³/mol. The van der Waals surface area contributed by atoms with Crippen LogP contribution in [0.2, 0.25) is 0 Å². The number of carbonyl (C=O) groups is 1. The Morgan fingerprint density at radius 2 is 2.06 bits per heavy atom. The summed E-state index contributed by atoms with van der Waals surface area (Å²) < 4.78 is 10.1. The van der Waals surface area contributed by atoms with Crippen LogP contribution in [0.3, 0.4) is 0 Å². The van der Waals surface area contributed by atoms with Gasteiger partial charge in [0.2, 0.25) is 5.91 Å². The Balaban J connectivity index is 0. The summed E-state index contributed by atoms with van der Waals surface area (Å²) in [7, 11) is 1.64. The molecular weight excluding hydrogens is 232 g/mol. The van der Waals surface area contributed by atoms with Gasteiger partial charge in [-0.3, -0.25) is 4.79 Å². The van der Waals surface area contributed by atoms with Crippen LogP contribution in [0.15, 0.2) is 0 Å². The van der Waals surface area contributed by atoms with Crippen molar-refractivity contribution in [2.75, 3.05) is 40.0 Å². The fraction of sp³-hybridized carbons (Fsp3) is 0.900. The van der Waals surface area contributed by atoms with Gasteiger partial charge in [-0.1, -0.05) is 6.92 Å². The van der Waals surface area contributed by atoms with E-state index in [4.69, 9.17) is 15.2 Å². The minimum Gasteiger partial charge on any atom is -0.382 e. The maximum absolute atomic E-state index is 11.3. The fourth-order valence-corrected chi connectivity index (χ4v) is 0.911. The third-order valence-electron chi connectivity index (χ3n) is 2.00. The van der Waals surface area contributed by atoms with Crippen molar-refractivity contribution in [2.24, 2.45) is 11.7 Å². The van der Waals surface area contributed by atoms with Crippen molar-refractivity contribution < 1.29 is 14.3 Å². The molecule has 0 saturated carbocycles. The van der Waals surface area contributed by atoms with Gasteiger partial charge in [0, 0.05) is 32.7 Å². The molecule has 16 heavy (non-hydrogen) atoms. The lowest BCUT2D eigenvalue weighted by Gasteiger charge is -2.09. The van der Waals surface area contributed by atoms with Crippen molar-refractivity contribution in [2.45, 2.75) is 13.3 Å². The zero-order valence-electron chi connectivity index (χ0n) is 10.0. The summed E-state index contributed by atoms with van der Waals surface area (Å²) in [5.74, 6) is -0.103.